The van der Waals surface area contributed by atoms with Crippen molar-refractivity contribution in [1.82, 2.24) is 5.32 Å². The number of hydrogen-bond acceptors (Lipinski definition) is 1. The second-order valence-corrected chi connectivity index (χ2v) is 3.90. The van der Waals surface area contributed by atoms with Gasteiger partial charge >= 0.3 is 0 Å². The minimum absolute atomic E-state index is 0.0183. The van der Waals surface area contributed by atoms with Gasteiger partial charge in [-0.2, -0.15) is 0 Å². The zero-order chi connectivity index (χ0) is 13.8. The van der Waals surface area contributed by atoms with E-state index in [0.29, 0.717) is 5.56 Å². The zero-order valence-corrected chi connectivity index (χ0v) is 9.79. The molecule has 0 saturated carbocycles. The molecule has 0 bridgehead atoms. The molecule has 2 nitrogen and oxygen atoms in total. The van der Waals surface area contributed by atoms with E-state index >= 15 is 0 Å². The Hall–Kier alpha value is -2.30. The normalized spacial score (nSPS) is 10.3. The van der Waals surface area contributed by atoms with E-state index in [2.05, 4.69) is 5.32 Å². The summed E-state index contributed by atoms with van der Waals surface area (Å²) in [6.07, 6.45) is 0. The van der Waals surface area contributed by atoms with Crippen LogP contribution in [-0.2, 0) is 6.54 Å². The molecule has 0 saturated heterocycles. The Bertz CT molecular complexity index is 613. The Balaban J connectivity index is 2.05. The first-order chi connectivity index (χ1) is 9.08. The van der Waals surface area contributed by atoms with Gasteiger partial charge in [0.25, 0.3) is 5.91 Å². The summed E-state index contributed by atoms with van der Waals surface area (Å²) in [5, 5.41) is 2.43. The lowest BCUT2D eigenvalue weighted by Crippen LogP contribution is -2.23. The van der Waals surface area contributed by atoms with E-state index in [9.17, 15) is 18.0 Å². The largest absolute Gasteiger partial charge is 0.348 e. The quantitative estimate of drug-likeness (QED) is 0.908. The van der Waals surface area contributed by atoms with Crippen LogP contribution in [0, 0.1) is 17.5 Å². The maximum Gasteiger partial charge on any atom is 0.251 e. The number of nitrogens with one attached hydrogen (secondary N) is 1. The molecule has 0 aliphatic rings. The fourth-order valence-corrected chi connectivity index (χ4v) is 1.56. The molecule has 0 radical (unpaired) electrons. The van der Waals surface area contributed by atoms with Crippen molar-refractivity contribution in [2.75, 3.05) is 0 Å². The van der Waals surface area contributed by atoms with Gasteiger partial charge in [0.1, 0.15) is 5.82 Å². The van der Waals surface area contributed by atoms with Crippen LogP contribution in [0.5, 0.6) is 0 Å². The summed E-state index contributed by atoms with van der Waals surface area (Å²) >= 11 is 0. The molecule has 0 aliphatic carbocycles. The summed E-state index contributed by atoms with van der Waals surface area (Å²) in [6.45, 7) is -0.0233. The van der Waals surface area contributed by atoms with Crippen molar-refractivity contribution in [3.05, 3.63) is 71.0 Å². The summed E-state index contributed by atoms with van der Waals surface area (Å²) in [5.74, 6) is -3.15. The van der Waals surface area contributed by atoms with Crippen molar-refractivity contribution in [3.8, 4) is 0 Å². The number of rotatable bonds is 3. The Morgan fingerprint density at radius 1 is 0.947 bits per heavy atom. The highest BCUT2D eigenvalue weighted by atomic mass is 19.2. The maximum atomic E-state index is 13.3. The summed E-state index contributed by atoms with van der Waals surface area (Å²) < 4.78 is 39.0. The third-order valence-electron chi connectivity index (χ3n) is 2.58. The third kappa shape index (κ3) is 3.13. The van der Waals surface area contributed by atoms with Gasteiger partial charge in [-0.1, -0.05) is 18.2 Å². The van der Waals surface area contributed by atoms with E-state index in [1.807, 2.05) is 0 Å². The summed E-state index contributed by atoms with van der Waals surface area (Å²) in [5.41, 5.74) is 0.300. The van der Waals surface area contributed by atoms with Crippen LogP contribution in [0.25, 0.3) is 0 Å². The lowest BCUT2D eigenvalue weighted by atomic mass is 10.2. The maximum absolute atomic E-state index is 13.3. The van der Waals surface area contributed by atoms with Gasteiger partial charge in [-0.3, -0.25) is 4.79 Å². The molecular weight excluding hydrogens is 255 g/mol. The van der Waals surface area contributed by atoms with Gasteiger partial charge < -0.3 is 5.32 Å². The van der Waals surface area contributed by atoms with Crippen LogP contribution in [-0.4, -0.2) is 5.91 Å². The smallest absolute Gasteiger partial charge is 0.251 e. The molecule has 0 spiro atoms. The second-order valence-electron chi connectivity index (χ2n) is 3.90. The van der Waals surface area contributed by atoms with E-state index in [-0.39, 0.29) is 12.1 Å². The molecule has 5 heteroatoms. The predicted octanol–water partition coefficient (Wildman–Crippen LogP) is 3.03. The van der Waals surface area contributed by atoms with Crippen molar-refractivity contribution in [3.63, 3.8) is 0 Å². The number of carbonyl (C=O) groups is 1. The molecule has 0 aromatic heterocycles. The molecule has 2 aromatic rings. The highest BCUT2D eigenvalue weighted by Crippen LogP contribution is 2.10. The summed E-state index contributed by atoms with van der Waals surface area (Å²) in [7, 11) is 0. The number of benzene rings is 2. The Kier molecular flexibility index (Phi) is 3.85. The van der Waals surface area contributed by atoms with Gasteiger partial charge in [0.15, 0.2) is 11.6 Å². The summed E-state index contributed by atoms with van der Waals surface area (Å²) in [6, 6.07) is 8.81. The van der Waals surface area contributed by atoms with Gasteiger partial charge in [-0.05, 0) is 24.3 Å². The predicted molar refractivity (Wildman–Crippen MR) is 63.9 cm³/mol. The van der Waals surface area contributed by atoms with Crippen molar-refractivity contribution >= 4 is 5.91 Å². The van der Waals surface area contributed by atoms with E-state index < -0.39 is 23.4 Å². The monoisotopic (exact) mass is 265 g/mol. The Morgan fingerprint density at radius 3 is 2.37 bits per heavy atom. The van der Waals surface area contributed by atoms with Gasteiger partial charge in [-0.15, -0.1) is 0 Å². The average molecular weight is 265 g/mol. The number of hydrogen-bond donors (Lipinski definition) is 1. The number of amides is 1. The molecule has 1 N–H and O–H groups in total. The highest BCUT2D eigenvalue weighted by molar-refractivity contribution is 5.94. The molecule has 0 heterocycles. The first-order valence-electron chi connectivity index (χ1n) is 5.54. The second kappa shape index (κ2) is 5.56. The van der Waals surface area contributed by atoms with Crippen LogP contribution in [0.2, 0.25) is 0 Å². The van der Waals surface area contributed by atoms with Crippen LogP contribution in [0.4, 0.5) is 13.2 Å². The lowest BCUT2D eigenvalue weighted by Gasteiger charge is -2.06. The highest BCUT2D eigenvalue weighted by Gasteiger charge is 2.10. The molecule has 2 aromatic carbocycles. The van der Waals surface area contributed by atoms with E-state index in [1.54, 1.807) is 6.07 Å². The Labute approximate surface area is 107 Å². The first-order valence-corrected chi connectivity index (χ1v) is 5.54. The van der Waals surface area contributed by atoms with Gasteiger partial charge in [0.2, 0.25) is 0 Å². The molecule has 98 valence electrons. The van der Waals surface area contributed by atoms with Crippen LogP contribution in [0.3, 0.4) is 0 Å². The van der Waals surface area contributed by atoms with Gasteiger partial charge in [0, 0.05) is 17.7 Å². The lowest BCUT2D eigenvalue weighted by molar-refractivity contribution is 0.0950. The topological polar surface area (TPSA) is 29.1 Å². The van der Waals surface area contributed by atoms with Crippen molar-refractivity contribution < 1.29 is 18.0 Å². The zero-order valence-electron chi connectivity index (χ0n) is 9.79. The van der Waals surface area contributed by atoms with E-state index in [0.717, 1.165) is 18.2 Å². The molecule has 0 fully saturated rings. The first kappa shape index (κ1) is 13.1. The van der Waals surface area contributed by atoms with Gasteiger partial charge in [-0.25, -0.2) is 13.2 Å². The van der Waals surface area contributed by atoms with Crippen LogP contribution >= 0.6 is 0 Å². The molecular formula is C14H10F3NO. The fraction of sp³-hybridized carbons (Fsp3) is 0.0714. The molecule has 0 atom stereocenters. The third-order valence-corrected chi connectivity index (χ3v) is 2.58. The van der Waals surface area contributed by atoms with Crippen molar-refractivity contribution in [2.24, 2.45) is 0 Å². The Morgan fingerprint density at radius 2 is 1.68 bits per heavy atom. The van der Waals surface area contributed by atoms with Crippen LogP contribution in [0.1, 0.15) is 15.9 Å². The van der Waals surface area contributed by atoms with E-state index in [4.69, 9.17) is 0 Å². The molecule has 1 amide bonds. The molecule has 2 rings (SSSR count). The summed E-state index contributed by atoms with van der Waals surface area (Å²) in [4.78, 5) is 11.7. The van der Waals surface area contributed by atoms with Crippen LogP contribution in [0.15, 0.2) is 42.5 Å². The van der Waals surface area contributed by atoms with E-state index in [1.165, 1.54) is 18.2 Å². The molecule has 0 aliphatic heterocycles. The molecule has 19 heavy (non-hydrogen) atoms. The van der Waals surface area contributed by atoms with Crippen LogP contribution < -0.4 is 5.32 Å². The SMILES string of the molecule is O=C(NCc1ccccc1F)c1ccc(F)c(F)c1. The van der Waals surface area contributed by atoms with Crippen molar-refractivity contribution in [2.45, 2.75) is 6.54 Å². The minimum atomic E-state index is -1.10. The van der Waals surface area contributed by atoms with Gasteiger partial charge in [0.05, 0.1) is 0 Å². The standard InChI is InChI=1S/C14H10F3NO/c15-11-4-2-1-3-10(11)8-18-14(19)9-5-6-12(16)13(17)7-9/h1-7H,8H2,(H,18,19). The van der Waals surface area contributed by atoms with Crippen molar-refractivity contribution in [1.29, 1.82) is 0 Å². The number of carbonyl (C=O) groups excluding carboxylic acids is 1. The minimum Gasteiger partial charge on any atom is -0.348 e. The molecule has 0 unspecified atom stereocenters. The average Bonchev–Trinajstić information content (AvgIpc) is 2.40. The fourth-order valence-electron chi connectivity index (χ4n) is 1.56. The number of halogens is 3.